The van der Waals surface area contributed by atoms with E-state index in [1.165, 1.54) is 12.3 Å². The fraction of sp³-hybridized carbons (Fsp3) is 0.105. The van der Waals surface area contributed by atoms with Crippen LogP contribution in [-0.2, 0) is 6.18 Å². The minimum atomic E-state index is -4.43. The van der Waals surface area contributed by atoms with Crippen molar-refractivity contribution >= 4 is 5.69 Å². The monoisotopic (exact) mass is 328 g/mol. The molecule has 0 atom stereocenters. The molecule has 1 aromatic heterocycles. The summed E-state index contributed by atoms with van der Waals surface area (Å²) >= 11 is 0. The zero-order chi connectivity index (χ0) is 17.0. The molecule has 0 bridgehead atoms. The molecule has 0 saturated heterocycles. The molecule has 0 radical (unpaired) electrons. The first-order chi connectivity index (χ1) is 11.5. The van der Waals surface area contributed by atoms with Crippen LogP contribution >= 0.6 is 0 Å². The van der Waals surface area contributed by atoms with Gasteiger partial charge >= 0.3 is 6.18 Å². The molecule has 1 heterocycles. The van der Waals surface area contributed by atoms with Crippen LogP contribution < -0.4 is 5.32 Å². The summed E-state index contributed by atoms with van der Waals surface area (Å²) in [6.07, 6.45) is -3.22. The second-order valence-electron chi connectivity index (χ2n) is 5.33. The SMILES string of the molecule is FC(F)(F)c1ccc(NC(c2ccccc2)c2ccccc2)cn1. The number of benzene rings is 2. The van der Waals surface area contributed by atoms with Gasteiger partial charge in [0.25, 0.3) is 0 Å². The molecule has 0 aliphatic carbocycles. The molecule has 1 N–H and O–H groups in total. The van der Waals surface area contributed by atoms with E-state index >= 15 is 0 Å². The Kier molecular flexibility index (Phi) is 4.51. The van der Waals surface area contributed by atoms with Crippen LogP contribution in [0.5, 0.6) is 0 Å². The predicted molar refractivity (Wildman–Crippen MR) is 87.6 cm³/mol. The van der Waals surface area contributed by atoms with Crippen molar-refractivity contribution in [1.82, 2.24) is 4.98 Å². The van der Waals surface area contributed by atoms with Crippen molar-refractivity contribution in [2.45, 2.75) is 12.2 Å². The van der Waals surface area contributed by atoms with Gasteiger partial charge in [-0.25, -0.2) is 4.98 Å². The molecule has 0 aliphatic rings. The van der Waals surface area contributed by atoms with E-state index in [0.29, 0.717) is 5.69 Å². The maximum atomic E-state index is 12.6. The van der Waals surface area contributed by atoms with Gasteiger partial charge in [-0.2, -0.15) is 13.2 Å². The molecular formula is C19H15F3N2. The Morgan fingerprint density at radius 1 is 0.750 bits per heavy atom. The summed E-state index contributed by atoms with van der Waals surface area (Å²) in [4.78, 5) is 3.50. The molecule has 0 unspecified atom stereocenters. The van der Waals surface area contributed by atoms with Gasteiger partial charge in [0.2, 0.25) is 0 Å². The van der Waals surface area contributed by atoms with Gasteiger partial charge < -0.3 is 5.32 Å². The Morgan fingerprint density at radius 3 is 1.71 bits per heavy atom. The van der Waals surface area contributed by atoms with Gasteiger partial charge in [-0.05, 0) is 23.3 Å². The average Bonchev–Trinajstić information content (AvgIpc) is 2.61. The third-order valence-corrected chi connectivity index (χ3v) is 3.63. The number of hydrogen-bond acceptors (Lipinski definition) is 2. The number of pyridine rings is 1. The van der Waals surface area contributed by atoms with Crippen LogP contribution in [0.1, 0.15) is 22.9 Å². The highest BCUT2D eigenvalue weighted by Crippen LogP contribution is 2.30. The second-order valence-corrected chi connectivity index (χ2v) is 5.33. The highest BCUT2D eigenvalue weighted by Gasteiger charge is 2.32. The normalized spacial score (nSPS) is 11.5. The van der Waals surface area contributed by atoms with E-state index in [1.54, 1.807) is 0 Å². The van der Waals surface area contributed by atoms with Gasteiger partial charge in [0.05, 0.1) is 17.9 Å². The fourth-order valence-corrected chi connectivity index (χ4v) is 2.46. The standard InChI is InChI=1S/C19H15F3N2/c20-19(21,22)17-12-11-16(13-23-17)24-18(14-7-3-1-4-8-14)15-9-5-2-6-10-15/h1-13,18,24H. The third kappa shape index (κ3) is 3.74. The van der Waals surface area contributed by atoms with Gasteiger partial charge in [0, 0.05) is 0 Å². The van der Waals surface area contributed by atoms with E-state index in [4.69, 9.17) is 0 Å². The third-order valence-electron chi connectivity index (χ3n) is 3.63. The number of hydrogen-bond donors (Lipinski definition) is 1. The number of nitrogens with one attached hydrogen (secondary N) is 1. The number of halogens is 3. The molecule has 0 fully saturated rings. The van der Waals surface area contributed by atoms with Crippen molar-refractivity contribution in [3.05, 3.63) is 95.8 Å². The molecule has 3 rings (SSSR count). The molecule has 0 aliphatic heterocycles. The zero-order valence-electron chi connectivity index (χ0n) is 12.7. The van der Waals surface area contributed by atoms with Gasteiger partial charge in [-0.15, -0.1) is 0 Å². The Bertz CT molecular complexity index is 730. The number of nitrogens with zero attached hydrogens (tertiary/aromatic N) is 1. The lowest BCUT2D eigenvalue weighted by atomic mass is 9.98. The first kappa shape index (κ1) is 16.1. The van der Waals surface area contributed by atoms with E-state index in [1.807, 2.05) is 60.7 Å². The van der Waals surface area contributed by atoms with Crippen molar-refractivity contribution in [3.63, 3.8) is 0 Å². The first-order valence-electron chi connectivity index (χ1n) is 7.44. The summed E-state index contributed by atoms with van der Waals surface area (Å²) in [6, 6.07) is 21.7. The number of alkyl halides is 3. The van der Waals surface area contributed by atoms with Crippen molar-refractivity contribution < 1.29 is 13.2 Å². The van der Waals surface area contributed by atoms with Crippen molar-refractivity contribution in [2.24, 2.45) is 0 Å². The Hall–Kier alpha value is -2.82. The lowest BCUT2D eigenvalue weighted by Crippen LogP contribution is -2.13. The van der Waals surface area contributed by atoms with E-state index in [2.05, 4.69) is 10.3 Å². The maximum Gasteiger partial charge on any atom is 0.433 e. The molecular weight excluding hydrogens is 313 g/mol. The predicted octanol–water partition coefficient (Wildman–Crippen LogP) is 5.30. The van der Waals surface area contributed by atoms with E-state index < -0.39 is 11.9 Å². The Balaban J connectivity index is 1.90. The van der Waals surface area contributed by atoms with Gasteiger partial charge in [0.15, 0.2) is 0 Å². The molecule has 2 aromatic carbocycles. The molecule has 5 heteroatoms. The smallest absolute Gasteiger partial charge is 0.373 e. The second kappa shape index (κ2) is 6.74. The summed E-state index contributed by atoms with van der Waals surface area (Å²) in [6.45, 7) is 0. The Labute approximate surface area is 138 Å². The number of aromatic nitrogens is 1. The lowest BCUT2D eigenvalue weighted by molar-refractivity contribution is -0.141. The average molecular weight is 328 g/mol. The summed E-state index contributed by atoms with van der Waals surface area (Å²) < 4.78 is 37.9. The lowest BCUT2D eigenvalue weighted by Gasteiger charge is -2.21. The van der Waals surface area contributed by atoms with E-state index in [0.717, 1.165) is 17.2 Å². The molecule has 2 nitrogen and oxygen atoms in total. The van der Waals surface area contributed by atoms with Gasteiger partial charge in [0.1, 0.15) is 5.69 Å². The largest absolute Gasteiger partial charge is 0.433 e. The van der Waals surface area contributed by atoms with Crippen LogP contribution in [0.4, 0.5) is 18.9 Å². The van der Waals surface area contributed by atoms with Crippen LogP contribution in [0.15, 0.2) is 79.0 Å². The molecule has 3 aromatic rings. The quantitative estimate of drug-likeness (QED) is 0.703. The van der Waals surface area contributed by atoms with Gasteiger partial charge in [-0.3, -0.25) is 0 Å². The molecule has 122 valence electrons. The maximum absolute atomic E-state index is 12.6. The number of rotatable bonds is 4. The first-order valence-corrected chi connectivity index (χ1v) is 7.44. The highest BCUT2D eigenvalue weighted by atomic mass is 19.4. The van der Waals surface area contributed by atoms with Crippen LogP contribution in [-0.4, -0.2) is 4.98 Å². The van der Waals surface area contributed by atoms with Crippen LogP contribution in [0.3, 0.4) is 0 Å². The molecule has 0 spiro atoms. The molecule has 24 heavy (non-hydrogen) atoms. The fourth-order valence-electron chi connectivity index (χ4n) is 2.46. The van der Waals surface area contributed by atoms with Crippen LogP contribution in [0.25, 0.3) is 0 Å². The molecule has 0 amide bonds. The van der Waals surface area contributed by atoms with Crippen molar-refractivity contribution in [2.75, 3.05) is 5.32 Å². The Morgan fingerprint density at radius 2 is 1.29 bits per heavy atom. The summed E-state index contributed by atoms with van der Waals surface area (Å²) in [5, 5.41) is 3.26. The summed E-state index contributed by atoms with van der Waals surface area (Å²) in [7, 11) is 0. The molecule has 0 saturated carbocycles. The summed E-state index contributed by atoms with van der Waals surface area (Å²) in [5.74, 6) is 0. The van der Waals surface area contributed by atoms with E-state index in [-0.39, 0.29) is 6.04 Å². The topological polar surface area (TPSA) is 24.9 Å². The zero-order valence-corrected chi connectivity index (χ0v) is 12.7. The van der Waals surface area contributed by atoms with Crippen molar-refractivity contribution in [1.29, 1.82) is 0 Å². The number of anilines is 1. The van der Waals surface area contributed by atoms with Crippen LogP contribution in [0, 0.1) is 0 Å². The van der Waals surface area contributed by atoms with Crippen molar-refractivity contribution in [3.8, 4) is 0 Å². The minimum absolute atomic E-state index is 0.175. The summed E-state index contributed by atoms with van der Waals surface area (Å²) in [5.41, 5.74) is 1.66. The highest BCUT2D eigenvalue weighted by molar-refractivity contribution is 5.48. The van der Waals surface area contributed by atoms with Crippen LogP contribution in [0.2, 0.25) is 0 Å². The minimum Gasteiger partial charge on any atom is -0.373 e. The van der Waals surface area contributed by atoms with Gasteiger partial charge in [-0.1, -0.05) is 60.7 Å². The van der Waals surface area contributed by atoms with E-state index in [9.17, 15) is 13.2 Å².